The maximum atomic E-state index is 12.7. The summed E-state index contributed by atoms with van der Waals surface area (Å²) >= 11 is 6.13. The SMILES string of the molecule is COc1ccc(NC2=C(Cl)C(=O)N(c3ccc(C)c(C)c3)C2=O)cc1. The van der Waals surface area contributed by atoms with Gasteiger partial charge in [-0.2, -0.15) is 0 Å². The van der Waals surface area contributed by atoms with Crippen LogP contribution in [0.2, 0.25) is 0 Å². The van der Waals surface area contributed by atoms with Crippen LogP contribution in [-0.4, -0.2) is 18.9 Å². The molecule has 0 fully saturated rings. The number of hydrogen-bond acceptors (Lipinski definition) is 4. The number of ether oxygens (including phenoxy) is 1. The molecule has 0 aromatic heterocycles. The molecule has 0 saturated carbocycles. The van der Waals surface area contributed by atoms with E-state index >= 15 is 0 Å². The molecular formula is C19H17ClN2O3. The zero-order chi connectivity index (χ0) is 18.1. The number of carbonyl (C=O) groups is 2. The fraction of sp³-hybridized carbons (Fsp3) is 0.158. The standard InChI is InChI=1S/C19H17ClN2O3/c1-11-4-7-14(10-12(11)2)22-18(23)16(20)17(19(22)24)21-13-5-8-15(25-3)9-6-13/h4-10,21H,1-3H3. The lowest BCUT2D eigenvalue weighted by Gasteiger charge is -2.16. The van der Waals surface area contributed by atoms with Crippen molar-refractivity contribution in [3.8, 4) is 5.75 Å². The third kappa shape index (κ3) is 3.10. The largest absolute Gasteiger partial charge is 0.497 e. The first-order chi connectivity index (χ1) is 11.9. The van der Waals surface area contributed by atoms with E-state index in [1.54, 1.807) is 43.5 Å². The molecular weight excluding hydrogens is 340 g/mol. The highest BCUT2D eigenvalue weighted by atomic mass is 35.5. The summed E-state index contributed by atoms with van der Waals surface area (Å²) in [7, 11) is 1.57. The highest BCUT2D eigenvalue weighted by Gasteiger charge is 2.39. The van der Waals surface area contributed by atoms with Crippen LogP contribution in [0, 0.1) is 13.8 Å². The number of benzene rings is 2. The molecule has 5 nitrogen and oxygen atoms in total. The van der Waals surface area contributed by atoms with E-state index in [-0.39, 0.29) is 10.7 Å². The highest BCUT2D eigenvalue weighted by Crippen LogP contribution is 2.31. The van der Waals surface area contributed by atoms with Crippen LogP contribution in [0.15, 0.2) is 53.2 Å². The summed E-state index contributed by atoms with van der Waals surface area (Å²) in [6.45, 7) is 3.89. The van der Waals surface area contributed by atoms with E-state index in [2.05, 4.69) is 5.32 Å². The van der Waals surface area contributed by atoms with Crippen LogP contribution in [0.3, 0.4) is 0 Å². The van der Waals surface area contributed by atoms with Gasteiger partial charge in [-0.3, -0.25) is 9.59 Å². The molecule has 1 N–H and O–H groups in total. The Balaban J connectivity index is 1.89. The number of anilines is 2. The van der Waals surface area contributed by atoms with Crippen LogP contribution in [0.25, 0.3) is 0 Å². The van der Waals surface area contributed by atoms with Crippen LogP contribution in [0.1, 0.15) is 11.1 Å². The Labute approximate surface area is 150 Å². The Morgan fingerprint density at radius 2 is 1.64 bits per heavy atom. The van der Waals surface area contributed by atoms with E-state index < -0.39 is 11.8 Å². The third-order valence-corrected chi connectivity index (χ3v) is 4.49. The summed E-state index contributed by atoms with van der Waals surface area (Å²) in [6, 6.07) is 12.4. The first-order valence-electron chi connectivity index (χ1n) is 7.69. The van der Waals surface area contributed by atoms with Gasteiger partial charge < -0.3 is 10.1 Å². The Morgan fingerprint density at radius 3 is 2.24 bits per heavy atom. The smallest absolute Gasteiger partial charge is 0.283 e. The fourth-order valence-corrected chi connectivity index (χ4v) is 2.74. The molecule has 25 heavy (non-hydrogen) atoms. The minimum Gasteiger partial charge on any atom is -0.497 e. The molecule has 6 heteroatoms. The summed E-state index contributed by atoms with van der Waals surface area (Å²) in [5.74, 6) is -0.323. The summed E-state index contributed by atoms with van der Waals surface area (Å²) in [6.07, 6.45) is 0. The van der Waals surface area contributed by atoms with Crippen molar-refractivity contribution in [2.45, 2.75) is 13.8 Å². The van der Waals surface area contributed by atoms with Crippen molar-refractivity contribution in [2.75, 3.05) is 17.3 Å². The van der Waals surface area contributed by atoms with Gasteiger partial charge in [0.2, 0.25) is 0 Å². The number of carbonyl (C=O) groups excluding carboxylic acids is 2. The van der Waals surface area contributed by atoms with Crippen molar-refractivity contribution in [1.29, 1.82) is 0 Å². The Bertz CT molecular complexity index is 888. The lowest BCUT2D eigenvalue weighted by Crippen LogP contribution is -2.32. The van der Waals surface area contributed by atoms with Crippen molar-refractivity contribution in [1.82, 2.24) is 0 Å². The zero-order valence-electron chi connectivity index (χ0n) is 14.1. The highest BCUT2D eigenvalue weighted by molar-refractivity contribution is 6.53. The van der Waals surface area contributed by atoms with E-state index in [9.17, 15) is 9.59 Å². The maximum Gasteiger partial charge on any atom is 0.283 e. The number of amides is 2. The van der Waals surface area contributed by atoms with Crippen LogP contribution in [0.4, 0.5) is 11.4 Å². The van der Waals surface area contributed by atoms with Crippen molar-refractivity contribution in [2.24, 2.45) is 0 Å². The van der Waals surface area contributed by atoms with Gasteiger partial charge in [-0.15, -0.1) is 0 Å². The van der Waals surface area contributed by atoms with E-state index in [4.69, 9.17) is 16.3 Å². The predicted octanol–water partition coefficient (Wildman–Crippen LogP) is 3.75. The van der Waals surface area contributed by atoms with Crippen LogP contribution in [-0.2, 0) is 9.59 Å². The van der Waals surface area contributed by atoms with Gasteiger partial charge in [-0.1, -0.05) is 17.7 Å². The van der Waals surface area contributed by atoms with Crippen LogP contribution >= 0.6 is 11.6 Å². The van der Waals surface area contributed by atoms with Crippen LogP contribution in [0.5, 0.6) is 5.75 Å². The van der Waals surface area contributed by atoms with Crippen molar-refractivity contribution >= 4 is 34.8 Å². The number of hydrogen-bond donors (Lipinski definition) is 1. The number of halogens is 1. The first-order valence-corrected chi connectivity index (χ1v) is 8.07. The molecule has 1 aliphatic rings. The molecule has 1 aliphatic heterocycles. The van der Waals surface area contributed by atoms with Gasteiger partial charge in [0.05, 0.1) is 12.8 Å². The second-order valence-corrected chi connectivity index (χ2v) is 6.13. The normalized spacial score (nSPS) is 14.3. The van der Waals surface area contributed by atoms with Crippen LogP contribution < -0.4 is 15.0 Å². The molecule has 1 heterocycles. The lowest BCUT2D eigenvalue weighted by atomic mass is 10.1. The number of imide groups is 1. The van der Waals surface area contributed by atoms with E-state index in [1.165, 1.54) is 0 Å². The molecule has 2 amide bonds. The van der Waals surface area contributed by atoms with Gasteiger partial charge in [0.1, 0.15) is 16.5 Å². The number of aryl methyl sites for hydroxylation is 2. The van der Waals surface area contributed by atoms with Crippen molar-refractivity contribution < 1.29 is 14.3 Å². The summed E-state index contributed by atoms with van der Waals surface area (Å²) in [4.78, 5) is 26.3. The molecule has 0 unspecified atom stereocenters. The Morgan fingerprint density at radius 1 is 0.960 bits per heavy atom. The average Bonchev–Trinajstić information content (AvgIpc) is 2.82. The van der Waals surface area contributed by atoms with Crippen molar-refractivity contribution in [3.05, 3.63) is 64.3 Å². The van der Waals surface area contributed by atoms with E-state index in [0.29, 0.717) is 17.1 Å². The lowest BCUT2D eigenvalue weighted by molar-refractivity contribution is -0.120. The molecule has 2 aromatic carbocycles. The monoisotopic (exact) mass is 356 g/mol. The molecule has 0 spiro atoms. The number of nitrogens with one attached hydrogen (secondary N) is 1. The molecule has 0 bridgehead atoms. The maximum absolute atomic E-state index is 12.7. The average molecular weight is 357 g/mol. The summed E-state index contributed by atoms with van der Waals surface area (Å²) in [5.41, 5.74) is 3.28. The number of methoxy groups -OCH3 is 1. The number of nitrogens with zero attached hydrogens (tertiary/aromatic N) is 1. The van der Waals surface area contributed by atoms with Gasteiger partial charge >= 0.3 is 0 Å². The van der Waals surface area contributed by atoms with Gasteiger partial charge in [0.25, 0.3) is 11.8 Å². The summed E-state index contributed by atoms with van der Waals surface area (Å²) < 4.78 is 5.10. The van der Waals surface area contributed by atoms with Gasteiger partial charge in [-0.05, 0) is 61.4 Å². The van der Waals surface area contributed by atoms with E-state index in [0.717, 1.165) is 16.0 Å². The second kappa shape index (κ2) is 6.61. The van der Waals surface area contributed by atoms with E-state index in [1.807, 2.05) is 19.9 Å². The van der Waals surface area contributed by atoms with Gasteiger partial charge in [0.15, 0.2) is 0 Å². The van der Waals surface area contributed by atoms with Gasteiger partial charge in [-0.25, -0.2) is 4.90 Å². The quantitative estimate of drug-likeness (QED) is 0.848. The molecule has 0 atom stereocenters. The Hall–Kier alpha value is -2.79. The first kappa shape index (κ1) is 17.0. The molecule has 128 valence electrons. The fourth-order valence-electron chi connectivity index (χ4n) is 2.53. The minimum atomic E-state index is -0.536. The predicted molar refractivity (Wildman–Crippen MR) is 97.9 cm³/mol. The van der Waals surface area contributed by atoms with Gasteiger partial charge in [0, 0.05) is 5.69 Å². The molecule has 2 aromatic rings. The third-order valence-electron chi connectivity index (χ3n) is 4.14. The number of rotatable bonds is 4. The molecule has 0 radical (unpaired) electrons. The molecule has 3 rings (SSSR count). The topological polar surface area (TPSA) is 58.6 Å². The van der Waals surface area contributed by atoms with Crippen molar-refractivity contribution in [3.63, 3.8) is 0 Å². The Kier molecular flexibility index (Phi) is 4.51. The molecule has 0 aliphatic carbocycles. The zero-order valence-corrected chi connectivity index (χ0v) is 14.8. The summed E-state index contributed by atoms with van der Waals surface area (Å²) in [5, 5.41) is 2.80. The molecule has 0 saturated heterocycles. The minimum absolute atomic E-state index is 0.0649. The second-order valence-electron chi connectivity index (χ2n) is 5.76.